The van der Waals surface area contributed by atoms with Crippen LogP contribution in [0.1, 0.15) is 13.8 Å². The molecular weight excluding hydrogens is 293 g/mol. The van der Waals surface area contributed by atoms with Crippen molar-refractivity contribution in [3.8, 4) is 0 Å². The van der Waals surface area contributed by atoms with Gasteiger partial charge in [0.25, 0.3) is 5.56 Å². The Morgan fingerprint density at radius 1 is 1.50 bits per heavy atom. The predicted molar refractivity (Wildman–Crippen MR) is 64.5 cm³/mol. The van der Waals surface area contributed by atoms with Crippen LogP contribution in [0, 0.1) is 3.57 Å². The molecule has 0 aromatic carbocycles. The summed E-state index contributed by atoms with van der Waals surface area (Å²) in [5.41, 5.74) is 0.0257. The predicted octanol–water partition coefficient (Wildman–Crippen LogP) is 1.88. The molecule has 1 rings (SSSR count). The highest BCUT2D eigenvalue weighted by molar-refractivity contribution is 14.1. The molecule has 0 bridgehead atoms. The van der Waals surface area contributed by atoms with E-state index in [1.165, 1.54) is 0 Å². The van der Waals surface area contributed by atoms with Crippen molar-refractivity contribution in [3.05, 3.63) is 32.3 Å². The van der Waals surface area contributed by atoms with E-state index in [1.54, 1.807) is 10.6 Å². The van der Waals surface area contributed by atoms with Crippen molar-refractivity contribution in [1.82, 2.24) is 4.57 Å². The third kappa shape index (κ3) is 3.79. The molecule has 1 aromatic heterocycles. The summed E-state index contributed by atoms with van der Waals surface area (Å²) in [7, 11) is 0. The zero-order chi connectivity index (χ0) is 10.6. The van der Waals surface area contributed by atoms with Crippen LogP contribution >= 0.6 is 22.6 Å². The van der Waals surface area contributed by atoms with E-state index in [0.717, 1.165) is 3.57 Å². The van der Waals surface area contributed by atoms with Crippen LogP contribution in [0.15, 0.2) is 23.1 Å². The van der Waals surface area contributed by atoms with Gasteiger partial charge in [0.15, 0.2) is 0 Å². The summed E-state index contributed by atoms with van der Waals surface area (Å²) in [4.78, 5) is 11.4. The number of ether oxygens (including phenoxy) is 1. The monoisotopic (exact) mass is 307 g/mol. The second-order valence-corrected chi connectivity index (χ2v) is 4.54. The average molecular weight is 307 g/mol. The Balaban J connectivity index is 2.58. The molecule has 78 valence electrons. The minimum atomic E-state index is 0.0257. The Morgan fingerprint density at radius 2 is 2.21 bits per heavy atom. The van der Waals surface area contributed by atoms with Crippen LogP contribution in [-0.2, 0) is 11.3 Å². The third-order valence-electron chi connectivity index (χ3n) is 1.73. The summed E-state index contributed by atoms with van der Waals surface area (Å²) in [6.07, 6.45) is 2.06. The average Bonchev–Trinajstić information content (AvgIpc) is 2.10. The molecule has 0 atom stereocenters. The molecule has 0 saturated heterocycles. The zero-order valence-electron chi connectivity index (χ0n) is 8.37. The van der Waals surface area contributed by atoms with E-state index >= 15 is 0 Å². The molecule has 3 nitrogen and oxygen atoms in total. The van der Waals surface area contributed by atoms with E-state index in [2.05, 4.69) is 22.6 Å². The van der Waals surface area contributed by atoms with Crippen LogP contribution in [0.3, 0.4) is 0 Å². The first-order valence-corrected chi connectivity index (χ1v) is 5.65. The fraction of sp³-hybridized carbons (Fsp3) is 0.500. The van der Waals surface area contributed by atoms with E-state index < -0.39 is 0 Å². The SMILES string of the molecule is CC(C)OCCn1cc(I)ccc1=O. The highest BCUT2D eigenvalue weighted by Crippen LogP contribution is 1.99. The first-order valence-electron chi connectivity index (χ1n) is 4.57. The number of pyridine rings is 1. The molecule has 0 unspecified atom stereocenters. The minimum absolute atomic E-state index is 0.0257. The number of aromatic nitrogens is 1. The highest BCUT2D eigenvalue weighted by Gasteiger charge is 1.97. The van der Waals surface area contributed by atoms with Crippen LogP contribution in [-0.4, -0.2) is 17.3 Å². The molecule has 0 N–H and O–H groups in total. The fourth-order valence-corrected chi connectivity index (χ4v) is 1.58. The summed E-state index contributed by atoms with van der Waals surface area (Å²) in [5.74, 6) is 0. The lowest BCUT2D eigenvalue weighted by Crippen LogP contribution is -2.22. The molecule has 0 aliphatic rings. The van der Waals surface area contributed by atoms with Crippen LogP contribution in [0.4, 0.5) is 0 Å². The second-order valence-electron chi connectivity index (χ2n) is 3.30. The lowest BCUT2D eigenvalue weighted by molar-refractivity contribution is 0.0722. The van der Waals surface area contributed by atoms with Gasteiger partial charge >= 0.3 is 0 Å². The smallest absolute Gasteiger partial charge is 0.250 e. The zero-order valence-corrected chi connectivity index (χ0v) is 10.5. The van der Waals surface area contributed by atoms with Crippen LogP contribution < -0.4 is 5.56 Å². The van der Waals surface area contributed by atoms with Gasteiger partial charge in [-0.3, -0.25) is 4.79 Å². The fourth-order valence-electron chi connectivity index (χ4n) is 1.06. The van der Waals surface area contributed by atoms with Crippen molar-refractivity contribution in [3.63, 3.8) is 0 Å². The molecule has 0 saturated carbocycles. The third-order valence-corrected chi connectivity index (χ3v) is 2.37. The molecule has 4 heteroatoms. The van der Waals surface area contributed by atoms with Crippen LogP contribution in [0.5, 0.6) is 0 Å². The molecule has 0 amide bonds. The number of nitrogens with zero attached hydrogens (tertiary/aromatic N) is 1. The van der Waals surface area contributed by atoms with Gasteiger partial charge in [-0.1, -0.05) is 0 Å². The molecule has 1 heterocycles. The van der Waals surface area contributed by atoms with E-state index in [9.17, 15) is 4.79 Å². The second kappa shape index (κ2) is 5.50. The van der Waals surface area contributed by atoms with Gasteiger partial charge in [0.1, 0.15) is 0 Å². The van der Waals surface area contributed by atoms with Crippen LogP contribution in [0.25, 0.3) is 0 Å². The van der Waals surface area contributed by atoms with Crippen molar-refractivity contribution in [2.24, 2.45) is 0 Å². The van der Waals surface area contributed by atoms with Gasteiger partial charge in [-0.05, 0) is 42.5 Å². The molecule has 1 aromatic rings. The van der Waals surface area contributed by atoms with Crippen molar-refractivity contribution in [2.75, 3.05) is 6.61 Å². The van der Waals surface area contributed by atoms with Gasteiger partial charge in [-0.25, -0.2) is 0 Å². The maximum atomic E-state index is 11.4. The Bertz CT molecular complexity index is 346. The summed E-state index contributed by atoms with van der Waals surface area (Å²) in [6, 6.07) is 3.39. The Kier molecular flexibility index (Phi) is 4.60. The van der Waals surface area contributed by atoms with Gasteiger partial charge in [0, 0.05) is 22.4 Å². The molecule has 0 aliphatic heterocycles. The first-order chi connectivity index (χ1) is 6.59. The Morgan fingerprint density at radius 3 is 2.86 bits per heavy atom. The van der Waals surface area contributed by atoms with Crippen molar-refractivity contribution < 1.29 is 4.74 Å². The highest BCUT2D eigenvalue weighted by atomic mass is 127. The quantitative estimate of drug-likeness (QED) is 0.795. The number of rotatable bonds is 4. The standard InChI is InChI=1S/C10H14INO2/c1-8(2)14-6-5-12-7-9(11)3-4-10(12)13/h3-4,7-8H,5-6H2,1-2H3. The van der Waals surface area contributed by atoms with E-state index in [1.807, 2.05) is 26.1 Å². The Labute approximate surface area is 97.2 Å². The maximum Gasteiger partial charge on any atom is 0.250 e. The van der Waals surface area contributed by atoms with Crippen LogP contribution in [0.2, 0.25) is 0 Å². The van der Waals surface area contributed by atoms with Crippen molar-refractivity contribution >= 4 is 22.6 Å². The molecular formula is C10H14INO2. The summed E-state index contributed by atoms with van der Waals surface area (Å²) >= 11 is 2.19. The van der Waals surface area contributed by atoms with Gasteiger partial charge < -0.3 is 9.30 Å². The van der Waals surface area contributed by atoms with Crippen molar-refractivity contribution in [2.45, 2.75) is 26.5 Å². The van der Waals surface area contributed by atoms with E-state index in [-0.39, 0.29) is 11.7 Å². The van der Waals surface area contributed by atoms with E-state index in [4.69, 9.17) is 4.74 Å². The van der Waals surface area contributed by atoms with Gasteiger partial charge in [-0.15, -0.1) is 0 Å². The summed E-state index contributed by atoms with van der Waals surface area (Å²) in [6.45, 7) is 5.17. The number of hydrogen-bond donors (Lipinski definition) is 0. The molecule has 14 heavy (non-hydrogen) atoms. The minimum Gasteiger partial charge on any atom is -0.377 e. The van der Waals surface area contributed by atoms with Gasteiger partial charge in [0.2, 0.25) is 0 Å². The summed E-state index contributed by atoms with van der Waals surface area (Å²) in [5, 5.41) is 0. The lowest BCUT2D eigenvalue weighted by Gasteiger charge is -2.09. The topological polar surface area (TPSA) is 31.2 Å². The van der Waals surface area contributed by atoms with Crippen molar-refractivity contribution in [1.29, 1.82) is 0 Å². The van der Waals surface area contributed by atoms with E-state index in [0.29, 0.717) is 13.2 Å². The molecule has 0 radical (unpaired) electrons. The number of hydrogen-bond acceptors (Lipinski definition) is 2. The maximum absolute atomic E-state index is 11.4. The summed E-state index contributed by atoms with van der Waals surface area (Å²) < 4.78 is 8.11. The number of halogens is 1. The molecule has 0 fully saturated rings. The van der Waals surface area contributed by atoms with Gasteiger partial charge in [0.05, 0.1) is 12.7 Å². The normalized spacial score (nSPS) is 10.9. The molecule has 0 spiro atoms. The lowest BCUT2D eigenvalue weighted by atomic mass is 10.4. The first kappa shape index (κ1) is 11.7. The largest absolute Gasteiger partial charge is 0.377 e. The molecule has 0 aliphatic carbocycles. The Hall–Kier alpha value is -0.360. The van der Waals surface area contributed by atoms with Gasteiger partial charge in [-0.2, -0.15) is 0 Å².